The summed E-state index contributed by atoms with van der Waals surface area (Å²) in [7, 11) is 3.24. The van der Waals surface area contributed by atoms with Gasteiger partial charge in [-0.3, -0.25) is 4.57 Å². The van der Waals surface area contributed by atoms with Gasteiger partial charge in [0.1, 0.15) is 30.7 Å². The minimum Gasteiger partial charge on any atom is -0.448 e. The lowest BCUT2D eigenvalue weighted by Crippen LogP contribution is -2.44. The third kappa shape index (κ3) is 7.35. The number of carbonyl (C=O) groups is 1. The summed E-state index contributed by atoms with van der Waals surface area (Å²) in [6.45, 7) is 7.63. The summed E-state index contributed by atoms with van der Waals surface area (Å²) in [4.78, 5) is 26.0. The molecule has 0 unspecified atom stereocenters. The summed E-state index contributed by atoms with van der Waals surface area (Å²) in [6, 6.07) is 8.11. The molecule has 202 valence electrons. The number of ether oxygens (including phenoxy) is 2. The number of hydrogen-bond acceptors (Lipinski definition) is 10. The van der Waals surface area contributed by atoms with E-state index >= 15 is 0 Å². The first kappa shape index (κ1) is 28.3. The first-order chi connectivity index (χ1) is 17.5. The number of alkyl carbamates (subject to hydrolysis) is 1. The number of nitrogens with one attached hydrogen (secondary N) is 1. The van der Waals surface area contributed by atoms with Crippen LogP contribution in [0.2, 0.25) is 0 Å². The average Bonchev–Trinajstić information content (AvgIpc) is 3.30. The summed E-state index contributed by atoms with van der Waals surface area (Å²) in [5.41, 5.74) is 8.70. The van der Waals surface area contributed by atoms with Crippen molar-refractivity contribution in [3.05, 3.63) is 48.0 Å². The van der Waals surface area contributed by atoms with Crippen molar-refractivity contribution >= 4 is 23.1 Å². The maximum atomic E-state index is 12.1. The molecular weight excluding hydrogens is 478 g/mol. The van der Waals surface area contributed by atoms with Gasteiger partial charge < -0.3 is 35.6 Å². The van der Waals surface area contributed by atoms with E-state index in [1.165, 1.54) is 29.9 Å². The molecule has 0 saturated carbocycles. The number of aromatic nitrogens is 4. The molecule has 12 nitrogen and oxygen atoms in total. The second-order valence-corrected chi connectivity index (χ2v) is 9.96. The monoisotopic (exact) mass is 515 g/mol. The molecule has 1 aromatic carbocycles. The maximum Gasteiger partial charge on any atom is 0.407 e. The molecule has 0 aliphatic heterocycles. The van der Waals surface area contributed by atoms with Crippen LogP contribution in [-0.4, -0.2) is 86.8 Å². The number of nitrogens with two attached hydrogens (primary N) is 1. The van der Waals surface area contributed by atoms with Crippen molar-refractivity contribution < 1.29 is 24.5 Å². The number of anilines is 1. The van der Waals surface area contributed by atoms with E-state index < -0.39 is 24.5 Å². The van der Waals surface area contributed by atoms with Crippen molar-refractivity contribution in [3.63, 3.8) is 0 Å². The number of nitrogens with zero attached hydrogens (tertiary/aromatic N) is 5. The molecular formula is C25H37N7O5. The molecule has 37 heavy (non-hydrogen) atoms. The molecule has 3 atom stereocenters. The number of methoxy groups -OCH3 is 1. The highest BCUT2D eigenvalue weighted by molar-refractivity contribution is 5.81. The van der Waals surface area contributed by atoms with E-state index in [0.717, 1.165) is 5.56 Å². The van der Waals surface area contributed by atoms with E-state index in [-0.39, 0.29) is 24.4 Å². The van der Waals surface area contributed by atoms with E-state index in [9.17, 15) is 15.0 Å². The second-order valence-electron chi connectivity index (χ2n) is 9.96. The number of rotatable bonds is 11. The Kier molecular flexibility index (Phi) is 9.38. The van der Waals surface area contributed by atoms with E-state index in [4.69, 9.17) is 15.2 Å². The van der Waals surface area contributed by atoms with Gasteiger partial charge in [-0.1, -0.05) is 45.0 Å². The fourth-order valence-electron chi connectivity index (χ4n) is 3.78. The lowest BCUT2D eigenvalue weighted by Gasteiger charge is -2.29. The summed E-state index contributed by atoms with van der Waals surface area (Å²) < 4.78 is 12.0. The number of nitrogen functional groups attached to an aromatic ring is 1. The van der Waals surface area contributed by atoms with Gasteiger partial charge in [-0.2, -0.15) is 0 Å². The Bertz CT molecular complexity index is 1160. The van der Waals surface area contributed by atoms with Gasteiger partial charge in [-0.25, -0.2) is 19.7 Å². The Balaban J connectivity index is 1.44. The molecule has 0 radical (unpaired) electrons. The van der Waals surface area contributed by atoms with Crippen LogP contribution < -0.4 is 11.1 Å². The highest BCUT2D eigenvalue weighted by Crippen LogP contribution is 2.23. The van der Waals surface area contributed by atoms with Crippen LogP contribution >= 0.6 is 0 Å². The van der Waals surface area contributed by atoms with E-state index in [1.807, 2.05) is 17.0 Å². The SMILES string of the molecule is CO[C@H](CN(C)CCOC(=O)NCc1ccc(C(C)(C)C)cc1)[C@@H](O)[C@@H](O)n1cnc2c(N)ncnc21. The van der Waals surface area contributed by atoms with Gasteiger partial charge in [-0.05, 0) is 23.6 Å². The summed E-state index contributed by atoms with van der Waals surface area (Å²) in [6.07, 6.45) is -1.34. The molecule has 3 aromatic rings. The van der Waals surface area contributed by atoms with Gasteiger partial charge in [0.2, 0.25) is 0 Å². The van der Waals surface area contributed by atoms with Gasteiger partial charge >= 0.3 is 6.09 Å². The molecule has 2 aromatic heterocycles. The molecule has 0 aliphatic carbocycles. The minimum atomic E-state index is -1.38. The fourth-order valence-corrected chi connectivity index (χ4v) is 3.78. The molecule has 0 fully saturated rings. The third-order valence-corrected chi connectivity index (χ3v) is 6.12. The molecule has 1 amide bonds. The van der Waals surface area contributed by atoms with Crippen molar-refractivity contribution in [3.8, 4) is 0 Å². The zero-order chi connectivity index (χ0) is 27.2. The topological polar surface area (TPSA) is 161 Å². The van der Waals surface area contributed by atoms with Crippen molar-refractivity contribution in [1.82, 2.24) is 29.7 Å². The number of amides is 1. The second kappa shape index (κ2) is 12.3. The number of hydrogen-bond donors (Lipinski definition) is 4. The number of carbonyl (C=O) groups excluding carboxylic acids is 1. The number of aliphatic hydroxyl groups is 2. The van der Waals surface area contributed by atoms with Gasteiger partial charge in [0.05, 0.1) is 6.33 Å². The van der Waals surface area contributed by atoms with Crippen molar-refractivity contribution in [2.24, 2.45) is 0 Å². The molecule has 0 aliphatic rings. The predicted molar refractivity (Wildman–Crippen MR) is 139 cm³/mol. The van der Waals surface area contributed by atoms with Gasteiger partial charge in [0.15, 0.2) is 17.7 Å². The number of benzene rings is 1. The zero-order valence-corrected chi connectivity index (χ0v) is 22.0. The van der Waals surface area contributed by atoms with Crippen LogP contribution in [0.15, 0.2) is 36.9 Å². The molecule has 0 bridgehead atoms. The van der Waals surface area contributed by atoms with Crippen LogP contribution in [-0.2, 0) is 21.4 Å². The fraction of sp³-hybridized carbons (Fsp3) is 0.520. The third-order valence-electron chi connectivity index (χ3n) is 6.12. The van der Waals surface area contributed by atoms with Gasteiger partial charge in [0, 0.05) is 26.7 Å². The first-order valence-electron chi connectivity index (χ1n) is 12.0. The van der Waals surface area contributed by atoms with Crippen LogP contribution in [0.1, 0.15) is 38.1 Å². The number of fused-ring (bicyclic) bond motifs is 1. The van der Waals surface area contributed by atoms with Crippen molar-refractivity contribution in [2.75, 3.05) is 39.6 Å². The summed E-state index contributed by atoms with van der Waals surface area (Å²) in [5.74, 6) is 0.177. The summed E-state index contributed by atoms with van der Waals surface area (Å²) in [5, 5.41) is 24.2. The van der Waals surface area contributed by atoms with E-state index in [1.54, 1.807) is 7.05 Å². The highest BCUT2D eigenvalue weighted by Gasteiger charge is 2.30. The quantitative estimate of drug-likeness (QED) is 0.294. The first-order valence-corrected chi connectivity index (χ1v) is 12.0. The Labute approximate surface area is 216 Å². The van der Waals surface area contributed by atoms with Crippen LogP contribution in [0.3, 0.4) is 0 Å². The van der Waals surface area contributed by atoms with E-state index in [0.29, 0.717) is 24.3 Å². The van der Waals surface area contributed by atoms with Crippen LogP contribution in [0, 0.1) is 0 Å². The number of imidazole rings is 1. The van der Waals surface area contributed by atoms with Crippen molar-refractivity contribution in [1.29, 1.82) is 0 Å². The Morgan fingerprint density at radius 1 is 1.19 bits per heavy atom. The Morgan fingerprint density at radius 3 is 2.54 bits per heavy atom. The lowest BCUT2D eigenvalue weighted by molar-refractivity contribution is -0.109. The highest BCUT2D eigenvalue weighted by atomic mass is 16.5. The molecule has 0 spiro atoms. The zero-order valence-electron chi connectivity index (χ0n) is 22.0. The van der Waals surface area contributed by atoms with Crippen molar-refractivity contribution in [2.45, 2.75) is 51.2 Å². The van der Waals surface area contributed by atoms with E-state index in [2.05, 4.69) is 53.2 Å². The number of likely N-dealkylation sites (N-methyl/N-ethyl adjacent to an activating group) is 1. The minimum absolute atomic E-state index is 0.0736. The molecule has 2 heterocycles. The largest absolute Gasteiger partial charge is 0.448 e. The Hall–Kier alpha value is -3.32. The predicted octanol–water partition coefficient (Wildman–Crippen LogP) is 1.43. The Morgan fingerprint density at radius 2 is 1.89 bits per heavy atom. The maximum absolute atomic E-state index is 12.1. The molecule has 3 rings (SSSR count). The van der Waals surface area contributed by atoms with Crippen LogP contribution in [0.25, 0.3) is 11.2 Å². The molecule has 0 saturated heterocycles. The molecule has 5 N–H and O–H groups in total. The smallest absolute Gasteiger partial charge is 0.407 e. The summed E-state index contributed by atoms with van der Waals surface area (Å²) >= 11 is 0. The lowest BCUT2D eigenvalue weighted by atomic mass is 9.87. The van der Waals surface area contributed by atoms with Crippen LogP contribution in [0.4, 0.5) is 10.6 Å². The standard InChI is InChI=1S/C25H37N7O5/c1-25(2,3)17-8-6-16(7-9-17)12-27-24(35)37-11-10-31(4)13-18(36-5)20(33)23(34)32-15-30-19-21(26)28-14-29-22(19)32/h6-9,14-15,18,20,23,33-34H,10-13H2,1-5H3,(H,27,35)(H2,26,28,29)/t18-,20-,23-/m1/s1. The normalized spacial score (nSPS) is 14.5. The molecule has 12 heteroatoms. The van der Waals surface area contributed by atoms with Gasteiger partial charge in [0.25, 0.3) is 0 Å². The number of aliphatic hydroxyl groups excluding tert-OH is 2. The average molecular weight is 516 g/mol. The van der Waals surface area contributed by atoms with Gasteiger partial charge in [-0.15, -0.1) is 0 Å². The van der Waals surface area contributed by atoms with Crippen LogP contribution in [0.5, 0.6) is 0 Å².